The average Bonchev–Trinajstić information content (AvgIpc) is 3.46. The Labute approximate surface area is 159 Å². The van der Waals surface area contributed by atoms with Crippen molar-refractivity contribution < 1.29 is 0 Å². The summed E-state index contributed by atoms with van der Waals surface area (Å²) in [4.78, 5) is 16.2. The Hall–Kier alpha value is -4.20. The molecule has 0 radical (unpaired) electrons. The normalized spacial score (nSPS) is 10.9. The van der Waals surface area contributed by atoms with Gasteiger partial charge in [-0.2, -0.15) is 10.2 Å². The second-order valence-electron chi connectivity index (χ2n) is 6.17. The Kier molecular flexibility index (Phi) is 3.91. The average molecular weight is 366 g/mol. The number of aromatic amines is 2. The molecule has 1 aromatic carbocycles. The van der Waals surface area contributed by atoms with Crippen molar-refractivity contribution in [1.29, 1.82) is 0 Å². The predicted molar refractivity (Wildman–Crippen MR) is 104 cm³/mol. The second-order valence-corrected chi connectivity index (χ2v) is 6.17. The molecule has 0 saturated heterocycles. The molecule has 4 aromatic heterocycles. The first-order valence-corrected chi connectivity index (χ1v) is 8.59. The van der Waals surface area contributed by atoms with Crippen molar-refractivity contribution >= 4 is 0 Å². The number of benzene rings is 1. The van der Waals surface area contributed by atoms with Gasteiger partial charge in [-0.25, -0.2) is 19.9 Å². The summed E-state index contributed by atoms with van der Waals surface area (Å²) in [7, 11) is 0. The summed E-state index contributed by atoms with van der Waals surface area (Å²) in [5.41, 5.74) is 7.17. The van der Waals surface area contributed by atoms with Gasteiger partial charge in [-0.15, -0.1) is 0 Å². The summed E-state index contributed by atoms with van der Waals surface area (Å²) in [6, 6.07) is 12.0. The summed E-state index contributed by atoms with van der Waals surface area (Å²) in [6.07, 6.45) is 10.0. The summed E-state index contributed by atoms with van der Waals surface area (Å²) in [5.74, 6) is 0. The van der Waals surface area contributed by atoms with Gasteiger partial charge in [0.2, 0.25) is 0 Å². The zero-order valence-electron chi connectivity index (χ0n) is 14.6. The maximum Gasteiger partial charge on any atom is 0.115 e. The van der Waals surface area contributed by atoms with Crippen molar-refractivity contribution in [2.75, 3.05) is 0 Å². The van der Waals surface area contributed by atoms with Gasteiger partial charge in [0.25, 0.3) is 0 Å². The molecule has 8 heteroatoms. The third kappa shape index (κ3) is 3.03. The van der Waals surface area contributed by atoms with E-state index in [1.807, 2.05) is 30.3 Å². The topological polar surface area (TPSA) is 109 Å². The molecule has 0 bridgehead atoms. The van der Waals surface area contributed by atoms with E-state index in [4.69, 9.17) is 0 Å². The largest absolute Gasteiger partial charge is 0.277 e. The third-order valence-corrected chi connectivity index (χ3v) is 4.35. The molecule has 0 aliphatic rings. The quantitative estimate of drug-likeness (QED) is 0.505. The molecule has 0 unspecified atom stereocenters. The van der Waals surface area contributed by atoms with Gasteiger partial charge in [-0.1, -0.05) is 18.2 Å². The highest BCUT2D eigenvalue weighted by molar-refractivity contribution is 5.74. The van der Waals surface area contributed by atoms with E-state index < -0.39 is 0 Å². The Balaban J connectivity index is 1.46. The number of nitrogens with zero attached hydrogens (tertiary/aromatic N) is 6. The summed E-state index contributed by atoms with van der Waals surface area (Å²) >= 11 is 0. The fraction of sp³-hybridized carbons (Fsp3) is 0. The third-order valence-electron chi connectivity index (χ3n) is 4.35. The van der Waals surface area contributed by atoms with E-state index in [0.717, 1.165) is 45.0 Å². The monoisotopic (exact) mass is 366 g/mol. The van der Waals surface area contributed by atoms with Crippen molar-refractivity contribution in [3.8, 4) is 45.0 Å². The molecule has 5 aromatic rings. The number of H-pyrrole nitrogens is 2. The van der Waals surface area contributed by atoms with Gasteiger partial charge in [0.15, 0.2) is 0 Å². The van der Waals surface area contributed by atoms with Crippen LogP contribution in [0.3, 0.4) is 0 Å². The molecule has 0 aliphatic carbocycles. The Morgan fingerprint density at radius 3 is 1.46 bits per heavy atom. The van der Waals surface area contributed by atoms with Crippen LogP contribution < -0.4 is 0 Å². The van der Waals surface area contributed by atoms with E-state index in [9.17, 15) is 0 Å². The minimum Gasteiger partial charge on any atom is -0.277 e. The zero-order chi connectivity index (χ0) is 18.8. The van der Waals surface area contributed by atoms with Crippen LogP contribution in [-0.4, -0.2) is 40.3 Å². The van der Waals surface area contributed by atoms with Crippen LogP contribution in [-0.2, 0) is 0 Å². The van der Waals surface area contributed by atoms with Gasteiger partial charge in [-0.3, -0.25) is 10.2 Å². The second kappa shape index (κ2) is 6.84. The van der Waals surface area contributed by atoms with E-state index in [-0.39, 0.29) is 0 Å². The molecule has 0 amide bonds. The minimum atomic E-state index is 0.841. The zero-order valence-corrected chi connectivity index (χ0v) is 14.6. The fourth-order valence-electron chi connectivity index (χ4n) is 2.95. The van der Waals surface area contributed by atoms with Gasteiger partial charge in [-0.05, 0) is 18.2 Å². The summed E-state index contributed by atoms with van der Waals surface area (Å²) < 4.78 is 0. The maximum atomic E-state index is 4.43. The molecule has 2 N–H and O–H groups in total. The first-order chi connectivity index (χ1) is 13.9. The van der Waals surface area contributed by atoms with Crippen LogP contribution in [0.15, 0.2) is 73.8 Å². The van der Waals surface area contributed by atoms with Crippen molar-refractivity contribution in [3.63, 3.8) is 0 Å². The number of hydrogen-bond donors (Lipinski definition) is 2. The standard InChI is InChI=1S/C20H14N8/c1-2-13(17-5-19(27-25-17)15-7-21-11-22-8-15)4-14(3-1)18-6-20(28-26-18)16-9-23-12-24-10-16/h1-12H,(H,25,27)(H,26,28). The number of aromatic nitrogens is 8. The van der Waals surface area contributed by atoms with Gasteiger partial charge in [0.05, 0.1) is 22.8 Å². The Morgan fingerprint density at radius 1 is 0.536 bits per heavy atom. The molecule has 5 rings (SSSR count). The van der Waals surface area contributed by atoms with Crippen molar-refractivity contribution in [2.45, 2.75) is 0 Å². The lowest BCUT2D eigenvalue weighted by atomic mass is 10.0. The molecule has 28 heavy (non-hydrogen) atoms. The molecule has 0 spiro atoms. The SMILES string of the molecule is c1cc(-c2cc(-c3cncnc3)[nH]n2)cc(-c2cc(-c3cncnc3)[nH]n2)c1. The van der Waals surface area contributed by atoms with Crippen molar-refractivity contribution in [2.24, 2.45) is 0 Å². The molecule has 0 saturated carbocycles. The van der Waals surface area contributed by atoms with Crippen LogP contribution in [0.5, 0.6) is 0 Å². The van der Waals surface area contributed by atoms with Crippen LogP contribution in [0.25, 0.3) is 45.0 Å². The van der Waals surface area contributed by atoms with E-state index in [1.54, 1.807) is 24.8 Å². The molecular formula is C20H14N8. The van der Waals surface area contributed by atoms with Crippen LogP contribution in [0.1, 0.15) is 0 Å². The van der Waals surface area contributed by atoms with Crippen molar-refractivity contribution in [1.82, 2.24) is 40.3 Å². The number of nitrogens with one attached hydrogen (secondary N) is 2. The Morgan fingerprint density at radius 2 is 1.00 bits per heavy atom. The van der Waals surface area contributed by atoms with Crippen LogP contribution in [0.4, 0.5) is 0 Å². The molecule has 134 valence electrons. The molecular weight excluding hydrogens is 352 g/mol. The van der Waals surface area contributed by atoms with Gasteiger partial charge >= 0.3 is 0 Å². The lowest BCUT2D eigenvalue weighted by Gasteiger charge is -2.00. The van der Waals surface area contributed by atoms with Crippen molar-refractivity contribution in [3.05, 3.63) is 73.8 Å². The molecule has 0 atom stereocenters. The highest BCUT2D eigenvalue weighted by Crippen LogP contribution is 2.28. The number of rotatable bonds is 4. The van der Waals surface area contributed by atoms with E-state index in [1.165, 1.54) is 12.7 Å². The smallest absolute Gasteiger partial charge is 0.115 e. The highest BCUT2D eigenvalue weighted by Gasteiger charge is 2.10. The Bertz CT molecular complexity index is 1120. The van der Waals surface area contributed by atoms with E-state index in [0.29, 0.717) is 0 Å². The molecule has 4 heterocycles. The van der Waals surface area contributed by atoms with Gasteiger partial charge in [0.1, 0.15) is 12.7 Å². The summed E-state index contributed by atoms with van der Waals surface area (Å²) in [6.45, 7) is 0. The lowest BCUT2D eigenvalue weighted by molar-refractivity contribution is 1.08. The van der Waals surface area contributed by atoms with Crippen LogP contribution in [0.2, 0.25) is 0 Å². The first kappa shape index (κ1) is 16.0. The number of hydrogen-bond acceptors (Lipinski definition) is 6. The molecule has 0 fully saturated rings. The van der Waals surface area contributed by atoms with Gasteiger partial charge in [0, 0.05) is 47.0 Å². The van der Waals surface area contributed by atoms with Crippen LogP contribution in [0, 0.1) is 0 Å². The minimum absolute atomic E-state index is 0.841. The van der Waals surface area contributed by atoms with E-state index in [2.05, 4.69) is 46.4 Å². The summed E-state index contributed by atoms with van der Waals surface area (Å²) in [5, 5.41) is 14.9. The maximum absolute atomic E-state index is 4.43. The lowest BCUT2D eigenvalue weighted by Crippen LogP contribution is -1.82. The van der Waals surface area contributed by atoms with Crippen LogP contribution >= 0.6 is 0 Å². The molecule has 8 nitrogen and oxygen atoms in total. The fourth-order valence-corrected chi connectivity index (χ4v) is 2.95. The first-order valence-electron chi connectivity index (χ1n) is 8.59. The van der Waals surface area contributed by atoms with Gasteiger partial charge < -0.3 is 0 Å². The highest BCUT2D eigenvalue weighted by atomic mass is 15.1. The predicted octanol–water partition coefficient (Wildman–Crippen LogP) is 3.38. The molecule has 0 aliphatic heterocycles. The van der Waals surface area contributed by atoms with E-state index >= 15 is 0 Å².